The van der Waals surface area contributed by atoms with E-state index in [9.17, 15) is 4.79 Å². The molecule has 0 saturated carbocycles. The van der Waals surface area contributed by atoms with Crippen molar-refractivity contribution in [2.45, 2.75) is 25.7 Å². The van der Waals surface area contributed by atoms with Crippen molar-refractivity contribution in [1.82, 2.24) is 4.98 Å². The van der Waals surface area contributed by atoms with Gasteiger partial charge >= 0.3 is 0 Å². The first-order valence-corrected chi connectivity index (χ1v) is 8.08. The minimum absolute atomic E-state index is 0.273. The van der Waals surface area contributed by atoms with Gasteiger partial charge in [-0.3, -0.25) is 9.78 Å². The second kappa shape index (κ2) is 6.64. The summed E-state index contributed by atoms with van der Waals surface area (Å²) < 4.78 is 0. The molecule has 0 bridgehead atoms. The van der Waals surface area contributed by atoms with E-state index in [2.05, 4.69) is 22.5 Å². The summed E-state index contributed by atoms with van der Waals surface area (Å²) in [4.78, 5) is 17.9. The first-order chi connectivity index (χ1) is 10.3. The first kappa shape index (κ1) is 14.0. The van der Waals surface area contributed by atoms with Crippen molar-refractivity contribution < 1.29 is 4.79 Å². The Morgan fingerprint density at radius 1 is 1.05 bits per heavy atom. The zero-order valence-electron chi connectivity index (χ0n) is 11.8. The molecule has 0 spiro atoms. The Kier molecular flexibility index (Phi) is 4.41. The van der Waals surface area contributed by atoms with Crippen molar-refractivity contribution in [2.24, 2.45) is 0 Å². The lowest BCUT2D eigenvalue weighted by Crippen LogP contribution is -2.04. The zero-order valence-corrected chi connectivity index (χ0v) is 12.6. The van der Waals surface area contributed by atoms with Crippen LogP contribution in [-0.4, -0.2) is 10.8 Å². The number of fused-ring (bicyclic) bond motifs is 1. The monoisotopic (exact) mass is 295 g/mol. The predicted octanol–water partition coefficient (Wildman–Crippen LogP) is 4.43. The molecular formula is C18H17NOS. The predicted molar refractivity (Wildman–Crippen MR) is 87.7 cm³/mol. The van der Waals surface area contributed by atoms with Gasteiger partial charge in [0, 0.05) is 28.8 Å². The lowest BCUT2D eigenvalue weighted by molar-refractivity contribution is -0.118. The van der Waals surface area contributed by atoms with Crippen molar-refractivity contribution in [3.8, 4) is 0 Å². The van der Waals surface area contributed by atoms with Crippen LogP contribution in [0.4, 0.5) is 0 Å². The lowest BCUT2D eigenvalue weighted by atomic mass is 10.1. The molecule has 0 aliphatic heterocycles. The van der Waals surface area contributed by atoms with Crippen LogP contribution < -0.4 is 0 Å². The number of carbonyl (C=O) groups is 1. The van der Waals surface area contributed by atoms with E-state index in [0.29, 0.717) is 12.8 Å². The van der Waals surface area contributed by atoms with Gasteiger partial charge in [-0.05, 0) is 36.4 Å². The van der Waals surface area contributed by atoms with Gasteiger partial charge in [0.1, 0.15) is 5.78 Å². The number of rotatable bonds is 6. The number of thiophene rings is 1. The highest BCUT2D eigenvalue weighted by Crippen LogP contribution is 2.14. The Morgan fingerprint density at radius 3 is 2.81 bits per heavy atom. The second-order valence-electron chi connectivity index (χ2n) is 5.14. The molecule has 0 aliphatic rings. The fourth-order valence-electron chi connectivity index (χ4n) is 2.41. The van der Waals surface area contributed by atoms with Gasteiger partial charge in [-0.1, -0.05) is 30.3 Å². The molecule has 2 aromatic heterocycles. The number of nitrogens with zero attached hydrogens (tertiary/aromatic N) is 1. The smallest absolute Gasteiger partial charge is 0.138 e. The molecule has 1 aromatic carbocycles. The van der Waals surface area contributed by atoms with E-state index in [1.165, 1.54) is 4.88 Å². The van der Waals surface area contributed by atoms with Crippen molar-refractivity contribution >= 4 is 28.0 Å². The summed E-state index contributed by atoms with van der Waals surface area (Å²) in [6.07, 6.45) is 2.99. The van der Waals surface area contributed by atoms with Crippen LogP contribution in [0.15, 0.2) is 53.9 Å². The summed E-state index contributed by atoms with van der Waals surface area (Å²) in [5, 5.41) is 3.20. The van der Waals surface area contributed by atoms with Gasteiger partial charge in [-0.15, -0.1) is 11.3 Å². The van der Waals surface area contributed by atoms with Crippen LogP contribution in [-0.2, 0) is 17.6 Å². The van der Waals surface area contributed by atoms with Crippen LogP contribution in [0.3, 0.4) is 0 Å². The van der Waals surface area contributed by atoms with E-state index in [1.807, 2.05) is 36.4 Å². The summed E-state index contributed by atoms with van der Waals surface area (Å²) in [5.41, 5.74) is 1.83. The molecule has 106 valence electrons. The van der Waals surface area contributed by atoms with Crippen LogP contribution in [0.25, 0.3) is 10.9 Å². The standard InChI is InChI=1S/C18H17NOS/c20-16(6-3-7-17-8-4-12-21-17)13-15-11-10-14-5-1-2-9-18(14)19-15/h1-2,4-5,8-12H,3,6-7,13H2. The number of Topliss-reactive ketones (excluding diaryl/α,β-unsaturated/α-hetero) is 1. The zero-order chi connectivity index (χ0) is 14.5. The molecule has 0 atom stereocenters. The number of aromatic nitrogens is 1. The maximum absolute atomic E-state index is 12.0. The maximum atomic E-state index is 12.0. The molecular weight excluding hydrogens is 278 g/mol. The van der Waals surface area contributed by atoms with Gasteiger partial charge in [0.25, 0.3) is 0 Å². The number of benzene rings is 1. The SMILES string of the molecule is O=C(CCCc1cccs1)Cc1ccc2ccccc2n1. The number of para-hydroxylation sites is 1. The van der Waals surface area contributed by atoms with Crippen molar-refractivity contribution in [3.05, 3.63) is 64.5 Å². The van der Waals surface area contributed by atoms with E-state index >= 15 is 0 Å². The van der Waals surface area contributed by atoms with Gasteiger partial charge in [0.05, 0.1) is 5.52 Å². The normalized spacial score (nSPS) is 10.9. The molecule has 0 amide bonds. The summed E-state index contributed by atoms with van der Waals surface area (Å²) >= 11 is 1.76. The third-order valence-corrected chi connectivity index (χ3v) is 4.43. The molecule has 2 heterocycles. The third-order valence-electron chi connectivity index (χ3n) is 3.49. The topological polar surface area (TPSA) is 30.0 Å². The van der Waals surface area contributed by atoms with E-state index < -0.39 is 0 Å². The fraction of sp³-hybridized carbons (Fsp3) is 0.222. The Morgan fingerprint density at radius 2 is 1.95 bits per heavy atom. The molecule has 0 aliphatic carbocycles. The highest BCUT2D eigenvalue weighted by molar-refractivity contribution is 7.09. The van der Waals surface area contributed by atoms with Crippen molar-refractivity contribution in [1.29, 1.82) is 0 Å². The lowest BCUT2D eigenvalue weighted by Gasteiger charge is -2.03. The molecule has 21 heavy (non-hydrogen) atoms. The molecule has 0 saturated heterocycles. The van der Waals surface area contributed by atoms with E-state index in [1.54, 1.807) is 11.3 Å². The van der Waals surface area contributed by atoms with Gasteiger partial charge < -0.3 is 0 Å². The molecule has 3 heteroatoms. The van der Waals surface area contributed by atoms with Crippen LogP contribution >= 0.6 is 11.3 Å². The Hall–Kier alpha value is -2.00. The number of ketones is 1. The minimum Gasteiger partial charge on any atom is -0.299 e. The van der Waals surface area contributed by atoms with Crippen molar-refractivity contribution in [3.63, 3.8) is 0 Å². The Bertz CT molecular complexity index is 734. The van der Waals surface area contributed by atoms with Gasteiger partial charge in [-0.2, -0.15) is 0 Å². The summed E-state index contributed by atoms with van der Waals surface area (Å²) in [5.74, 6) is 0.273. The van der Waals surface area contributed by atoms with Gasteiger partial charge in [0.2, 0.25) is 0 Å². The summed E-state index contributed by atoms with van der Waals surface area (Å²) in [6.45, 7) is 0. The Labute approximate surface area is 128 Å². The quantitative estimate of drug-likeness (QED) is 0.673. The number of hydrogen-bond acceptors (Lipinski definition) is 3. The highest BCUT2D eigenvalue weighted by atomic mass is 32.1. The number of carbonyl (C=O) groups excluding carboxylic acids is 1. The molecule has 0 N–H and O–H groups in total. The second-order valence-corrected chi connectivity index (χ2v) is 6.18. The molecule has 0 unspecified atom stereocenters. The highest BCUT2D eigenvalue weighted by Gasteiger charge is 2.06. The van der Waals surface area contributed by atoms with Crippen LogP contribution in [0, 0.1) is 0 Å². The average Bonchev–Trinajstić information content (AvgIpc) is 3.00. The molecule has 3 rings (SSSR count). The van der Waals surface area contributed by atoms with Crippen LogP contribution in [0.1, 0.15) is 23.4 Å². The first-order valence-electron chi connectivity index (χ1n) is 7.20. The molecule has 0 radical (unpaired) electrons. The van der Waals surface area contributed by atoms with Crippen LogP contribution in [0.2, 0.25) is 0 Å². The maximum Gasteiger partial charge on any atom is 0.138 e. The van der Waals surface area contributed by atoms with Crippen LogP contribution in [0.5, 0.6) is 0 Å². The van der Waals surface area contributed by atoms with Gasteiger partial charge in [-0.25, -0.2) is 0 Å². The fourth-order valence-corrected chi connectivity index (χ4v) is 3.16. The number of hydrogen-bond donors (Lipinski definition) is 0. The van der Waals surface area contributed by atoms with E-state index in [0.717, 1.165) is 29.4 Å². The number of pyridine rings is 1. The summed E-state index contributed by atoms with van der Waals surface area (Å²) in [7, 11) is 0. The molecule has 0 fully saturated rings. The van der Waals surface area contributed by atoms with E-state index in [4.69, 9.17) is 0 Å². The minimum atomic E-state index is 0.273. The third kappa shape index (κ3) is 3.76. The number of aryl methyl sites for hydroxylation is 1. The molecule has 2 nitrogen and oxygen atoms in total. The summed E-state index contributed by atoms with van der Waals surface area (Å²) in [6, 6.07) is 16.2. The average molecular weight is 295 g/mol. The van der Waals surface area contributed by atoms with E-state index in [-0.39, 0.29) is 5.78 Å². The largest absolute Gasteiger partial charge is 0.299 e. The van der Waals surface area contributed by atoms with Gasteiger partial charge in [0.15, 0.2) is 0 Å². The van der Waals surface area contributed by atoms with Crippen molar-refractivity contribution in [2.75, 3.05) is 0 Å². The Balaban J connectivity index is 1.55. The molecule has 3 aromatic rings.